The van der Waals surface area contributed by atoms with Gasteiger partial charge < -0.3 is 9.13 Å². The van der Waals surface area contributed by atoms with Crippen molar-refractivity contribution >= 4 is 80.8 Å². The number of aromatic nitrogens is 2. The lowest BCUT2D eigenvalue weighted by atomic mass is 10.0. The molecule has 3 aromatic heterocycles. The van der Waals surface area contributed by atoms with Crippen LogP contribution in [0.15, 0.2) is 146 Å². The average molecular weight is 641 g/mol. The van der Waals surface area contributed by atoms with E-state index in [0.717, 1.165) is 64.5 Å². The highest BCUT2D eigenvalue weighted by Crippen LogP contribution is 2.46. The number of hydrogen-bond acceptors (Lipinski definition) is 2. The van der Waals surface area contributed by atoms with Crippen molar-refractivity contribution in [1.82, 2.24) is 9.13 Å². The molecule has 0 aliphatic heterocycles. The first-order valence-corrected chi connectivity index (χ1v) is 16.9. The second-order valence-corrected chi connectivity index (χ2v) is 13.3. The molecule has 49 heavy (non-hydrogen) atoms. The average Bonchev–Trinajstić information content (AvgIpc) is 3.82. The van der Waals surface area contributed by atoms with E-state index in [4.69, 9.17) is 6.57 Å². The van der Waals surface area contributed by atoms with Gasteiger partial charge in [-0.1, -0.05) is 97.1 Å². The van der Waals surface area contributed by atoms with Gasteiger partial charge in [0.1, 0.15) is 6.07 Å². The van der Waals surface area contributed by atoms with Crippen LogP contribution in [0.4, 0.5) is 5.69 Å². The van der Waals surface area contributed by atoms with Crippen LogP contribution in [-0.2, 0) is 0 Å². The summed E-state index contributed by atoms with van der Waals surface area (Å²) in [6.45, 7) is 7.74. The minimum absolute atomic E-state index is 0.621. The number of thiophene rings is 1. The van der Waals surface area contributed by atoms with E-state index in [9.17, 15) is 5.26 Å². The molecule has 0 fully saturated rings. The Balaban J connectivity index is 1.21. The lowest BCUT2D eigenvalue weighted by Crippen LogP contribution is -1.97. The van der Waals surface area contributed by atoms with Gasteiger partial charge in [0.15, 0.2) is 0 Å². The van der Waals surface area contributed by atoms with Gasteiger partial charge in [-0.3, -0.25) is 0 Å². The maximum atomic E-state index is 10.8. The molecule has 0 amide bonds. The predicted octanol–water partition coefficient (Wildman–Crippen LogP) is 12.3. The fraction of sp³-hybridized carbons (Fsp3) is 0. The molecule has 0 saturated heterocycles. The third kappa shape index (κ3) is 3.88. The third-order valence-electron chi connectivity index (χ3n) is 9.75. The van der Waals surface area contributed by atoms with Gasteiger partial charge in [-0.05, 0) is 65.0 Å². The first kappa shape index (κ1) is 27.5. The second kappa shape index (κ2) is 10.4. The summed E-state index contributed by atoms with van der Waals surface area (Å²) in [5, 5.41) is 17.4. The minimum Gasteiger partial charge on any atom is -0.309 e. The lowest BCUT2D eigenvalue weighted by molar-refractivity contribution is 1.17. The second-order valence-electron chi connectivity index (χ2n) is 12.3. The Labute approximate surface area is 285 Å². The molecule has 0 atom stereocenters. The van der Waals surface area contributed by atoms with Crippen molar-refractivity contribution in [3.8, 4) is 28.6 Å². The topological polar surface area (TPSA) is 38.0 Å². The largest absolute Gasteiger partial charge is 0.309 e. The van der Waals surface area contributed by atoms with E-state index in [0.29, 0.717) is 11.3 Å². The van der Waals surface area contributed by atoms with E-state index in [2.05, 4.69) is 154 Å². The minimum atomic E-state index is 0.621. The highest BCUT2D eigenvalue weighted by molar-refractivity contribution is 7.26. The maximum absolute atomic E-state index is 10.8. The molecule has 7 aromatic carbocycles. The summed E-state index contributed by atoms with van der Waals surface area (Å²) in [5.74, 6) is 0. The highest BCUT2D eigenvalue weighted by atomic mass is 32.1. The number of rotatable bonds is 3. The molecule has 10 aromatic rings. The van der Waals surface area contributed by atoms with E-state index < -0.39 is 0 Å². The SMILES string of the molecule is [C-]#[N+]c1cccc2c1sc1c(C#N)c3c(cc12)c1ccccc1n3-c1cccc(-c2cccc(-n3c4ccccc4c4ccccc43)c2)c1. The van der Waals surface area contributed by atoms with Crippen LogP contribution in [0, 0.1) is 17.9 Å². The smallest absolute Gasteiger partial charge is 0.204 e. The maximum Gasteiger partial charge on any atom is 0.204 e. The molecule has 0 N–H and O–H groups in total. The Morgan fingerprint density at radius 2 is 1.04 bits per heavy atom. The molecule has 226 valence electrons. The molecular formula is C44H24N4S. The molecule has 5 heteroatoms. The molecule has 0 unspecified atom stereocenters. The number of nitriles is 1. The van der Waals surface area contributed by atoms with Crippen LogP contribution >= 0.6 is 11.3 Å². The zero-order chi connectivity index (χ0) is 32.6. The first-order chi connectivity index (χ1) is 24.2. The molecule has 0 saturated carbocycles. The van der Waals surface area contributed by atoms with Crippen molar-refractivity contribution in [2.45, 2.75) is 0 Å². The van der Waals surface area contributed by atoms with Crippen LogP contribution < -0.4 is 0 Å². The third-order valence-corrected chi connectivity index (χ3v) is 11.0. The van der Waals surface area contributed by atoms with Crippen molar-refractivity contribution in [3.63, 3.8) is 0 Å². The molecule has 10 rings (SSSR count). The van der Waals surface area contributed by atoms with Gasteiger partial charge in [-0.15, -0.1) is 11.3 Å². The van der Waals surface area contributed by atoms with Crippen LogP contribution in [0.25, 0.3) is 91.1 Å². The first-order valence-electron chi connectivity index (χ1n) is 16.1. The molecule has 0 spiro atoms. The highest BCUT2D eigenvalue weighted by Gasteiger charge is 2.22. The zero-order valence-electron chi connectivity index (χ0n) is 26.1. The van der Waals surface area contributed by atoms with Gasteiger partial charge in [-0.25, -0.2) is 4.85 Å². The molecule has 3 heterocycles. The number of fused-ring (bicyclic) bond motifs is 9. The Morgan fingerprint density at radius 1 is 0.510 bits per heavy atom. The number of benzene rings is 7. The van der Waals surface area contributed by atoms with Gasteiger partial charge in [0.05, 0.1) is 38.9 Å². The normalized spacial score (nSPS) is 11.6. The summed E-state index contributed by atoms with van der Waals surface area (Å²) in [7, 11) is 0. The summed E-state index contributed by atoms with van der Waals surface area (Å²) in [6.07, 6.45) is 0. The Hall–Kier alpha value is -6.66. The van der Waals surface area contributed by atoms with Gasteiger partial charge >= 0.3 is 0 Å². The monoisotopic (exact) mass is 640 g/mol. The lowest BCUT2D eigenvalue weighted by Gasteiger charge is -2.13. The van der Waals surface area contributed by atoms with Crippen molar-refractivity contribution in [2.24, 2.45) is 0 Å². The van der Waals surface area contributed by atoms with Crippen molar-refractivity contribution in [3.05, 3.63) is 163 Å². The summed E-state index contributed by atoms with van der Waals surface area (Å²) in [4.78, 5) is 3.78. The van der Waals surface area contributed by atoms with Crippen LogP contribution in [-0.4, -0.2) is 9.13 Å². The Bertz CT molecular complexity index is 3030. The fourth-order valence-corrected chi connectivity index (χ4v) is 8.91. The van der Waals surface area contributed by atoms with E-state index in [-0.39, 0.29) is 0 Å². The Kier molecular flexibility index (Phi) is 5.84. The number of para-hydroxylation sites is 3. The summed E-state index contributed by atoms with van der Waals surface area (Å²) >= 11 is 1.54. The standard InChI is InChI=1S/C44H24N4S/c1-46-38-19-10-18-34-36-25-35-33-17-4-7-22-41(33)48(42(35)37(26-45)43(36)49-44(34)38)30-14-9-12-28(24-30)27-11-8-13-29(23-27)47-39-20-5-2-15-31(39)32-16-3-6-21-40(32)47/h2-25H. The molecule has 0 radical (unpaired) electrons. The molecule has 0 aliphatic carbocycles. The molecule has 0 bridgehead atoms. The van der Waals surface area contributed by atoms with Crippen LogP contribution in [0.3, 0.4) is 0 Å². The molecule has 4 nitrogen and oxygen atoms in total. The van der Waals surface area contributed by atoms with Crippen LogP contribution in [0.2, 0.25) is 0 Å². The van der Waals surface area contributed by atoms with Gasteiger partial charge in [-0.2, -0.15) is 5.26 Å². The fourth-order valence-electron chi connectivity index (χ4n) is 7.67. The summed E-state index contributed by atoms with van der Waals surface area (Å²) in [6, 6.07) is 53.6. The van der Waals surface area contributed by atoms with Crippen molar-refractivity contribution in [1.29, 1.82) is 5.26 Å². The van der Waals surface area contributed by atoms with Crippen molar-refractivity contribution in [2.75, 3.05) is 0 Å². The van der Waals surface area contributed by atoms with Crippen LogP contribution in [0.5, 0.6) is 0 Å². The summed E-state index contributed by atoms with van der Waals surface area (Å²) < 4.78 is 6.43. The number of hydrogen-bond donors (Lipinski definition) is 0. The molecular weight excluding hydrogens is 617 g/mol. The van der Waals surface area contributed by atoms with E-state index in [1.165, 1.54) is 21.8 Å². The Morgan fingerprint density at radius 3 is 1.65 bits per heavy atom. The number of nitrogens with zero attached hydrogens (tertiary/aromatic N) is 4. The van der Waals surface area contributed by atoms with Gasteiger partial charge in [0.25, 0.3) is 0 Å². The van der Waals surface area contributed by atoms with E-state index in [1.807, 2.05) is 12.1 Å². The summed E-state index contributed by atoms with van der Waals surface area (Å²) in [5.41, 5.74) is 9.86. The van der Waals surface area contributed by atoms with Gasteiger partial charge in [0, 0.05) is 43.0 Å². The van der Waals surface area contributed by atoms with Crippen LogP contribution in [0.1, 0.15) is 5.56 Å². The van der Waals surface area contributed by atoms with Crippen molar-refractivity contribution < 1.29 is 0 Å². The zero-order valence-corrected chi connectivity index (χ0v) is 26.9. The quantitative estimate of drug-likeness (QED) is 0.177. The van der Waals surface area contributed by atoms with Gasteiger partial charge in [0.2, 0.25) is 5.69 Å². The predicted molar refractivity (Wildman–Crippen MR) is 204 cm³/mol. The van der Waals surface area contributed by atoms with E-state index in [1.54, 1.807) is 11.3 Å². The molecule has 0 aliphatic rings. The van der Waals surface area contributed by atoms with E-state index >= 15 is 0 Å².